The Morgan fingerprint density at radius 3 is 2.60 bits per heavy atom. The van der Waals surface area contributed by atoms with Gasteiger partial charge in [0.15, 0.2) is 29.1 Å². The SMILES string of the molecule is COc1cc(C(C)=O)ccc1OC(C)c1cc(C)no1. The fraction of sp³-hybridized carbons (Fsp3) is 0.333. The van der Waals surface area contributed by atoms with Crippen LogP contribution in [-0.4, -0.2) is 18.0 Å². The first-order valence-corrected chi connectivity index (χ1v) is 6.30. The molecular formula is C15H17NO4. The number of carbonyl (C=O) groups excluding carboxylic acids is 1. The molecule has 1 atom stereocenters. The number of hydrogen-bond acceptors (Lipinski definition) is 5. The predicted octanol–water partition coefficient (Wildman–Crippen LogP) is 3.33. The second-order valence-electron chi connectivity index (χ2n) is 4.55. The van der Waals surface area contributed by atoms with Crippen molar-refractivity contribution >= 4 is 5.78 Å². The highest BCUT2D eigenvalue weighted by Gasteiger charge is 2.16. The van der Waals surface area contributed by atoms with Gasteiger partial charge in [-0.05, 0) is 39.0 Å². The van der Waals surface area contributed by atoms with Crippen LogP contribution < -0.4 is 9.47 Å². The van der Waals surface area contributed by atoms with Gasteiger partial charge in [0.1, 0.15) is 0 Å². The van der Waals surface area contributed by atoms with Crippen LogP contribution in [0, 0.1) is 6.92 Å². The number of methoxy groups -OCH3 is 1. The maximum absolute atomic E-state index is 11.4. The lowest BCUT2D eigenvalue weighted by molar-refractivity contribution is 0.101. The Hall–Kier alpha value is -2.30. The molecule has 0 saturated heterocycles. The lowest BCUT2D eigenvalue weighted by atomic mass is 10.1. The molecule has 20 heavy (non-hydrogen) atoms. The second kappa shape index (κ2) is 5.77. The van der Waals surface area contributed by atoms with Crippen LogP contribution in [0.15, 0.2) is 28.8 Å². The van der Waals surface area contributed by atoms with Crippen LogP contribution >= 0.6 is 0 Å². The smallest absolute Gasteiger partial charge is 0.177 e. The van der Waals surface area contributed by atoms with E-state index in [2.05, 4.69) is 5.16 Å². The molecule has 0 aliphatic carbocycles. The van der Waals surface area contributed by atoms with Gasteiger partial charge in [-0.1, -0.05) is 5.16 Å². The Morgan fingerprint density at radius 1 is 1.30 bits per heavy atom. The molecule has 0 aliphatic heterocycles. The topological polar surface area (TPSA) is 61.6 Å². The van der Waals surface area contributed by atoms with Crippen molar-refractivity contribution in [2.45, 2.75) is 26.9 Å². The van der Waals surface area contributed by atoms with Crippen molar-refractivity contribution in [1.82, 2.24) is 5.16 Å². The van der Waals surface area contributed by atoms with E-state index in [1.165, 1.54) is 14.0 Å². The monoisotopic (exact) mass is 275 g/mol. The fourth-order valence-electron chi connectivity index (χ4n) is 1.81. The minimum Gasteiger partial charge on any atom is -0.493 e. The molecule has 0 radical (unpaired) electrons. The molecule has 0 saturated carbocycles. The summed E-state index contributed by atoms with van der Waals surface area (Å²) in [4.78, 5) is 11.4. The van der Waals surface area contributed by atoms with Gasteiger partial charge in [-0.3, -0.25) is 4.79 Å². The summed E-state index contributed by atoms with van der Waals surface area (Å²) in [5.41, 5.74) is 1.38. The molecule has 0 aliphatic rings. The van der Waals surface area contributed by atoms with E-state index in [0.29, 0.717) is 22.8 Å². The Bertz CT molecular complexity index is 618. The molecule has 1 unspecified atom stereocenters. The van der Waals surface area contributed by atoms with Gasteiger partial charge in [0.25, 0.3) is 0 Å². The van der Waals surface area contributed by atoms with Crippen LogP contribution in [0.5, 0.6) is 11.5 Å². The summed E-state index contributed by atoms with van der Waals surface area (Å²) in [6, 6.07) is 6.91. The molecule has 5 heteroatoms. The highest BCUT2D eigenvalue weighted by Crippen LogP contribution is 2.32. The number of ether oxygens (including phenoxy) is 2. The second-order valence-corrected chi connectivity index (χ2v) is 4.55. The number of Topliss-reactive ketones (excluding diaryl/α,β-unsaturated/α-hetero) is 1. The van der Waals surface area contributed by atoms with Crippen molar-refractivity contribution in [2.24, 2.45) is 0 Å². The lowest BCUT2D eigenvalue weighted by Crippen LogP contribution is -2.04. The van der Waals surface area contributed by atoms with Gasteiger partial charge in [0.05, 0.1) is 12.8 Å². The average molecular weight is 275 g/mol. The summed E-state index contributed by atoms with van der Waals surface area (Å²) in [6.45, 7) is 5.22. The van der Waals surface area contributed by atoms with Crippen LogP contribution in [0.25, 0.3) is 0 Å². The number of nitrogens with zero attached hydrogens (tertiary/aromatic N) is 1. The van der Waals surface area contributed by atoms with Crippen LogP contribution in [0.2, 0.25) is 0 Å². The predicted molar refractivity (Wildman–Crippen MR) is 73.3 cm³/mol. The van der Waals surface area contributed by atoms with Crippen molar-refractivity contribution in [3.05, 3.63) is 41.3 Å². The summed E-state index contributed by atoms with van der Waals surface area (Å²) in [6.07, 6.45) is -0.298. The number of aromatic nitrogens is 1. The van der Waals surface area contributed by atoms with Crippen molar-refractivity contribution in [3.63, 3.8) is 0 Å². The van der Waals surface area contributed by atoms with Crippen molar-refractivity contribution in [3.8, 4) is 11.5 Å². The summed E-state index contributed by atoms with van der Waals surface area (Å²) in [5.74, 6) is 1.69. The average Bonchev–Trinajstić information content (AvgIpc) is 2.85. The maximum Gasteiger partial charge on any atom is 0.177 e. The van der Waals surface area contributed by atoms with E-state index < -0.39 is 0 Å². The third-order valence-electron chi connectivity index (χ3n) is 2.92. The molecule has 2 rings (SSSR count). The molecular weight excluding hydrogens is 258 g/mol. The number of rotatable bonds is 5. The molecule has 0 bridgehead atoms. The van der Waals surface area contributed by atoms with E-state index in [-0.39, 0.29) is 11.9 Å². The van der Waals surface area contributed by atoms with E-state index in [1.54, 1.807) is 18.2 Å². The van der Waals surface area contributed by atoms with E-state index in [1.807, 2.05) is 19.9 Å². The Morgan fingerprint density at radius 2 is 2.05 bits per heavy atom. The molecule has 1 aromatic heterocycles. The molecule has 1 heterocycles. The molecule has 0 spiro atoms. The summed E-state index contributed by atoms with van der Waals surface area (Å²) in [7, 11) is 1.54. The number of benzene rings is 1. The summed E-state index contributed by atoms with van der Waals surface area (Å²) in [5, 5.41) is 3.83. The molecule has 0 amide bonds. The van der Waals surface area contributed by atoms with Crippen molar-refractivity contribution < 1.29 is 18.8 Å². The van der Waals surface area contributed by atoms with E-state index in [0.717, 1.165) is 5.69 Å². The maximum atomic E-state index is 11.4. The van der Waals surface area contributed by atoms with E-state index in [9.17, 15) is 4.79 Å². The van der Waals surface area contributed by atoms with Gasteiger partial charge >= 0.3 is 0 Å². The zero-order valence-electron chi connectivity index (χ0n) is 12.0. The van der Waals surface area contributed by atoms with Gasteiger partial charge in [0, 0.05) is 11.6 Å². The Kier molecular flexibility index (Phi) is 4.08. The lowest BCUT2D eigenvalue weighted by Gasteiger charge is -2.15. The Balaban J connectivity index is 2.22. The zero-order valence-corrected chi connectivity index (χ0v) is 12.0. The largest absolute Gasteiger partial charge is 0.493 e. The van der Waals surface area contributed by atoms with Crippen LogP contribution in [-0.2, 0) is 0 Å². The number of ketones is 1. The zero-order chi connectivity index (χ0) is 14.7. The minimum atomic E-state index is -0.298. The number of hydrogen-bond donors (Lipinski definition) is 0. The van der Waals surface area contributed by atoms with Gasteiger partial charge in [-0.2, -0.15) is 0 Å². The summed E-state index contributed by atoms with van der Waals surface area (Å²) < 4.78 is 16.2. The summed E-state index contributed by atoms with van der Waals surface area (Å²) >= 11 is 0. The highest BCUT2D eigenvalue weighted by atomic mass is 16.5. The van der Waals surface area contributed by atoms with Crippen LogP contribution in [0.3, 0.4) is 0 Å². The van der Waals surface area contributed by atoms with Crippen molar-refractivity contribution in [2.75, 3.05) is 7.11 Å². The van der Waals surface area contributed by atoms with Gasteiger partial charge in [-0.25, -0.2) is 0 Å². The minimum absolute atomic E-state index is 0.0197. The number of aryl methyl sites for hydroxylation is 1. The first kappa shape index (κ1) is 14.1. The molecule has 0 fully saturated rings. The highest BCUT2D eigenvalue weighted by molar-refractivity contribution is 5.94. The molecule has 1 aromatic carbocycles. The van der Waals surface area contributed by atoms with E-state index in [4.69, 9.17) is 14.0 Å². The van der Waals surface area contributed by atoms with Crippen molar-refractivity contribution in [1.29, 1.82) is 0 Å². The van der Waals surface area contributed by atoms with Crippen LogP contribution in [0.1, 0.15) is 41.8 Å². The quantitative estimate of drug-likeness (QED) is 0.783. The van der Waals surface area contributed by atoms with E-state index >= 15 is 0 Å². The fourth-order valence-corrected chi connectivity index (χ4v) is 1.81. The van der Waals surface area contributed by atoms with Gasteiger partial charge in [0.2, 0.25) is 0 Å². The molecule has 2 aromatic rings. The normalized spacial score (nSPS) is 12.0. The molecule has 106 valence electrons. The number of carbonyl (C=O) groups is 1. The third kappa shape index (κ3) is 2.99. The molecule has 0 N–H and O–H groups in total. The van der Waals surface area contributed by atoms with Gasteiger partial charge < -0.3 is 14.0 Å². The first-order chi connectivity index (χ1) is 9.51. The van der Waals surface area contributed by atoms with Crippen LogP contribution in [0.4, 0.5) is 0 Å². The standard InChI is InChI=1S/C15H17NO4/c1-9-7-14(20-16-9)11(3)19-13-6-5-12(10(2)17)8-15(13)18-4/h5-8,11H,1-4H3. The third-order valence-corrected chi connectivity index (χ3v) is 2.92. The van der Waals surface area contributed by atoms with Gasteiger partial charge in [-0.15, -0.1) is 0 Å². The molecule has 5 nitrogen and oxygen atoms in total. The first-order valence-electron chi connectivity index (χ1n) is 6.30. The Labute approximate surface area is 117 Å².